The predicted octanol–water partition coefficient (Wildman–Crippen LogP) is 2.88. The minimum atomic E-state index is -0.265. The topological polar surface area (TPSA) is 73.0 Å². The molecule has 0 saturated heterocycles. The van der Waals surface area contributed by atoms with Crippen molar-refractivity contribution in [2.24, 2.45) is 0 Å². The Bertz CT molecular complexity index is 736. The van der Waals surface area contributed by atoms with Gasteiger partial charge < -0.3 is 9.73 Å². The molecule has 0 saturated carbocycles. The third-order valence-electron chi connectivity index (χ3n) is 3.43. The highest BCUT2D eigenvalue weighted by Gasteiger charge is 2.17. The molecule has 1 N–H and O–H groups in total. The Morgan fingerprint density at radius 3 is 3.00 bits per heavy atom. The number of para-hydroxylation sites is 2. The van der Waals surface area contributed by atoms with Gasteiger partial charge in [0.15, 0.2) is 5.58 Å². The summed E-state index contributed by atoms with van der Waals surface area (Å²) in [5.41, 5.74) is 1.63. The lowest BCUT2D eigenvalue weighted by Crippen LogP contribution is -2.33. The fourth-order valence-electron chi connectivity index (χ4n) is 2.30. The van der Waals surface area contributed by atoms with Gasteiger partial charge in [-0.1, -0.05) is 30.8 Å². The van der Waals surface area contributed by atoms with Crippen LogP contribution in [0, 0.1) is 0 Å². The summed E-state index contributed by atoms with van der Waals surface area (Å²) in [7, 11) is 0. The molecule has 2 heterocycles. The summed E-state index contributed by atoms with van der Waals surface area (Å²) < 4.78 is 7.31. The molecule has 6 nitrogen and oxygen atoms in total. The predicted molar refractivity (Wildman–Crippen MR) is 89.3 cm³/mol. The highest BCUT2D eigenvalue weighted by molar-refractivity contribution is 7.99. The second-order valence-corrected chi connectivity index (χ2v) is 6.04. The van der Waals surface area contributed by atoms with Crippen LogP contribution in [-0.4, -0.2) is 33.0 Å². The molecular weight excluding hydrogens is 312 g/mol. The molecule has 120 valence electrons. The zero-order valence-corrected chi connectivity index (χ0v) is 13.6. The van der Waals surface area contributed by atoms with Crippen molar-refractivity contribution in [3.63, 3.8) is 0 Å². The van der Waals surface area contributed by atoms with E-state index in [0.717, 1.165) is 11.1 Å². The van der Waals surface area contributed by atoms with E-state index >= 15 is 0 Å². The molecule has 0 aliphatic carbocycles. The molecule has 2 aromatic heterocycles. The van der Waals surface area contributed by atoms with Crippen LogP contribution in [0.1, 0.15) is 19.4 Å². The molecule has 1 atom stereocenters. The minimum absolute atomic E-state index is 0.0191. The standard InChI is InChI=1S/C16H18N4O2S/c1-2-13(20-10-5-8-18-20)15(21)17-9-11-23-16-19-12-6-3-4-7-14(12)22-16/h3-8,10,13H,2,9,11H2,1H3,(H,17,21)/t13-/m0/s1. The second kappa shape index (κ2) is 7.32. The number of aromatic nitrogens is 3. The van der Waals surface area contributed by atoms with Gasteiger partial charge in [-0.15, -0.1) is 0 Å². The molecule has 0 radical (unpaired) electrons. The molecule has 0 aliphatic rings. The Morgan fingerprint density at radius 2 is 2.26 bits per heavy atom. The number of benzene rings is 1. The normalized spacial score (nSPS) is 12.4. The molecule has 3 aromatic rings. The molecule has 0 fully saturated rings. The van der Waals surface area contributed by atoms with E-state index in [-0.39, 0.29) is 11.9 Å². The van der Waals surface area contributed by atoms with E-state index in [2.05, 4.69) is 15.4 Å². The number of fused-ring (bicyclic) bond motifs is 1. The molecule has 1 aromatic carbocycles. The second-order valence-electron chi connectivity index (χ2n) is 5.00. The Balaban J connectivity index is 1.48. The van der Waals surface area contributed by atoms with Gasteiger partial charge in [-0.3, -0.25) is 9.48 Å². The first kappa shape index (κ1) is 15.6. The first-order valence-electron chi connectivity index (χ1n) is 7.53. The summed E-state index contributed by atoms with van der Waals surface area (Å²) in [5, 5.41) is 7.69. The maximum Gasteiger partial charge on any atom is 0.256 e. The number of rotatable bonds is 7. The molecule has 1 amide bonds. The Morgan fingerprint density at radius 1 is 1.39 bits per heavy atom. The maximum atomic E-state index is 12.2. The van der Waals surface area contributed by atoms with E-state index in [1.807, 2.05) is 37.3 Å². The van der Waals surface area contributed by atoms with Crippen LogP contribution in [-0.2, 0) is 4.79 Å². The van der Waals surface area contributed by atoms with Crippen molar-refractivity contribution in [2.75, 3.05) is 12.3 Å². The first-order chi connectivity index (χ1) is 11.3. The monoisotopic (exact) mass is 330 g/mol. The minimum Gasteiger partial charge on any atom is -0.431 e. The van der Waals surface area contributed by atoms with Gasteiger partial charge in [-0.05, 0) is 24.6 Å². The van der Waals surface area contributed by atoms with Crippen LogP contribution in [0.15, 0.2) is 52.4 Å². The average molecular weight is 330 g/mol. The smallest absolute Gasteiger partial charge is 0.256 e. The quantitative estimate of drug-likeness (QED) is 0.533. The van der Waals surface area contributed by atoms with Crippen LogP contribution in [0.4, 0.5) is 0 Å². The van der Waals surface area contributed by atoms with Crippen LogP contribution in [0.5, 0.6) is 0 Å². The van der Waals surface area contributed by atoms with Crippen molar-refractivity contribution in [3.05, 3.63) is 42.7 Å². The number of hydrogen-bond acceptors (Lipinski definition) is 5. The number of nitrogens with one attached hydrogen (secondary N) is 1. The van der Waals surface area contributed by atoms with Crippen molar-refractivity contribution >= 4 is 28.8 Å². The van der Waals surface area contributed by atoms with Crippen LogP contribution >= 0.6 is 11.8 Å². The SMILES string of the molecule is CC[C@@H](C(=O)NCCSc1nc2ccccc2o1)n1cccn1. The molecular formula is C16H18N4O2S. The van der Waals surface area contributed by atoms with Gasteiger partial charge >= 0.3 is 0 Å². The van der Waals surface area contributed by atoms with Gasteiger partial charge in [0.05, 0.1) is 0 Å². The summed E-state index contributed by atoms with van der Waals surface area (Å²) >= 11 is 1.49. The van der Waals surface area contributed by atoms with Crippen LogP contribution < -0.4 is 5.32 Å². The summed E-state index contributed by atoms with van der Waals surface area (Å²) in [5.74, 6) is 0.683. The Labute approximate surface area is 138 Å². The molecule has 3 rings (SSSR count). The third kappa shape index (κ3) is 3.73. The Hall–Kier alpha value is -2.28. The van der Waals surface area contributed by atoms with E-state index < -0.39 is 0 Å². The van der Waals surface area contributed by atoms with Crippen molar-refractivity contribution < 1.29 is 9.21 Å². The molecule has 0 bridgehead atoms. The van der Waals surface area contributed by atoms with E-state index in [0.29, 0.717) is 23.9 Å². The lowest BCUT2D eigenvalue weighted by Gasteiger charge is -2.15. The lowest BCUT2D eigenvalue weighted by molar-refractivity contribution is -0.124. The van der Waals surface area contributed by atoms with Crippen molar-refractivity contribution in [3.8, 4) is 0 Å². The van der Waals surface area contributed by atoms with E-state index in [1.54, 1.807) is 17.1 Å². The highest BCUT2D eigenvalue weighted by Crippen LogP contribution is 2.22. The lowest BCUT2D eigenvalue weighted by atomic mass is 10.2. The Kier molecular flexibility index (Phi) is 4.97. The van der Waals surface area contributed by atoms with E-state index in [1.165, 1.54) is 11.8 Å². The first-order valence-corrected chi connectivity index (χ1v) is 8.51. The zero-order chi connectivity index (χ0) is 16.1. The van der Waals surface area contributed by atoms with E-state index in [9.17, 15) is 4.79 Å². The molecule has 0 spiro atoms. The largest absolute Gasteiger partial charge is 0.431 e. The van der Waals surface area contributed by atoms with Crippen LogP contribution in [0.25, 0.3) is 11.1 Å². The van der Waals surface area contributed by atoms with Gasteiger partial charge in [-0.25, -0.2) is 4.98 Å². The molecule has 7 heteroatoms. The summed E-state index contributed by atoms with van der Waals surface area (Å²) in [6.45, 7) is 2.53. The number of hydrogen-bond donors (Lipinski definition) is 1. The van der Waals surface area contributed by atoms with Gasteiger partial charge in [-0.2, -0.15) is 5.10 Å². The van der Waals surface area contributed by atoms with Gasteiger partial charge in [0.1, 0.15) is 11.6 Å². The summed E-state index contributed by atoms with van der Waals surface area (Å²) in [6, 6.07) is 9.21. The van der Waals surface area contributed by atoms with Crippen molar-refractivity contribution in [1.82, 2.24) is 20.1 Å². The van der Waals surface area contributed by atoms with Gasteiger partial charge in [0, 0.05) is 24.7 Å². The van der Waals surface area contributed by atoms with Gasteiger partial charge in [0.2, 0.25) is 5.91 Å². The van der Waals surface area contributed by atoms with Crippen LogP contribution in [0.2, 0.25) is 0 Å². The van der Waals surface area contributed by atoms with E-state index in [4.69, 9.17) is 4.42 Å². The number of carbonyl (C=O) groups excluding carboxylic acids is 1. The average Bonchev–Trinajstić information content (AvgIpc) is 3.21. The molecule has 0 unspecified atom stereocenters. The third-order valence-corrected chi connectivity index (χ3v) is 4.26. The maximum absolute atomic E-state index is 12.2. The molecule has 23 heavy (non-hydrogen) atoms. The number of thioether (sulfide) groups is 1. The zero-order valence-electron chi connectivity index (χ0n) is 12.8. The summed E-state index contributed by atoms with van der Waals surface area (Å²) in [6.07, 6.45) is 4.19. The number of carbonyl (C=O) groups is 1. The fraction of sp³-hybridized carbons (Fsp3) is 0.312. The number of nitrogens with zero attached hydrogens (tertiary/aromatic N) is 3. The summed E-state index contributed by atoms with van der Waals surface area (Å²) in [4.78, 5) is 16.6. The number of amides is 1. The van der Waals surface area contributed by atoms with Crippen molar-refractivity contribution in [2.45, 2.75) is 24.6 Å². The van der Waals surface area contributed by atoms with Crippen molar-refractivity contribution in [1.29, 1.82) is 0 Å². The fourth-order valence-corrected chi connectivity index (χ4v) is 2.99. The van der Waals surface area contributed by atoms with Crippen LogP contribution in [0.3, 0.4) is 0 Å². The number of oxazole rings is 1. The van der Waals surface area contributed by atoms with Gasteiger partial charge in [0.25, 0.3) is 5.22 Å². The molecule has 0 aliphatic heterocycles. The highest BCUT2D eigenvalue weighted by atomic mass is 32.2.